The summed E-state index contributed by atoms with van der Waals surface area (Å²) in [6.45, 7) is 5.50. The maximum atomic E-state index is 13.9. The Morgan fingerprint density at radius 3 is 2.25 bits per heavy atom. The number of ether oxygens (including phenoxy) is 1. The molecule has 40 heavy (non-hydrogen) atoms. The minimum absolute atomic E-state index is 0.0230. The minimum atomic E-state index is -1.23. The molecule has 0 bridgehead atoms. The molecule has 0 saturated carbocycles. The molecule has 0 fully saturated rings. The van der Waals surface area contributed by atoms with Crippen LogP contribution in [0.2, 0.25) is 5.02 Å². The molecule has 3 aromatic carbocycles. The first-order chi connectivity index (χ1) is 19.3. The Morgan fingerprint density at radius 2 is 1.62 bits per heavy atom. The number of aromatic carboxylic acids is 1. The maximum Gasteiger partial charge on any atom is 0.355 e. The van der Waals surface area contributed by atoms with Gasteiger partial charge in [0.15, 0.2) is 0 Å². The average molecular weight is 563 g/mol. The summed E-state index contributed by atoms with van der Waals surface area (Å²) in [4.78, 5) is 45.0. The van der Waals surface area contributed by atoms with Gasteiger partial charge < -0.3 is 14.7 Å². The molecule has 0 spiro atoms. The largest absolute Gasteiger partial charge is 0.489 e. The van der Waals surface area contributed by atoms with Gasteiger partial charge in [0, 0.05) is 13.1 Å². The van der Waals surface area contributed by atoms with Crippen molar-refractivity contribution in [3.63, 3.8) is 0 Å². The third-order valence-electron chi connectivity index (χ3n) is 6.27. The summed E-state index contributed by atoms with van der Waals surface area (Å²) >= 11 is 6.09. The third kappa shape index (κ3) is 6.60. The lowest BCUT2D eigenvalue weighted by molar-refractivity contribution is 0.0697. The van der Waals surface area contributed by atoms with E-state index < -0.39 is 17.3 Å². The van der Waals surface area contributed by atoms with Gasteiger partial charge in [0.05, 0.1) is 22.8 Å². The van der Waals surface area contributed by atoms with Gasteiger partial charge in [-0.1, -0.05) is 67.9 Å². The van der Waals surface area contributed by atoms with Crippen molar-refractivity contribution in [3.05, 3.63) is 115 Å². The monoisotopic (exact) mass is 562 g/mol. The molecule has 4 aromatic rings. The minimum Gasteiger partial charge on any atom is -0.489 e. The van der Waals surface area contributed by atoms with Gasteiger partial charge >= 0.3 is 17.3 Å². The topological polar surface area (TPSA) is 107 Å². The van der Waals surface area contributed by atoms with Gasteiger partial charge in [-0.2, -0.15) is 4.98 Å². The number of nitrogens with zero attached hydrogens (tertiary/aromatic N) is 4. The van der Waals surface area contributed by atoms with Crippen molar-refractivity contribution < 1.29 is 14.6 Å². The first-order valence-electron chi connectivity index (χ1n) is 13.1. The number of halogens is 1. The summed E-state index contributed by atoms with van der Waals surface area (Å²) in [5, 5.41) is 9.65. The lowest BCUT2D eigenvalue weighted by Crippen LogP contribution is -2.45. The molecule has 0 unspecified atom stereocenters. The molecule has 9 nitrogen and oxygen atoms in total. The zero-order valence-corrected chi connectivity index (χ0v) is 23.2. The Balaban J connectivity index is 1.73. The first-order valence-corrected chi connectivity index (χ1v) is 13.5. The second-order valence-electron chi connectivity index (χ2n) is 9.27. The Kier molecular flexibility index (Phi) is 9.39. The average Bonchev–Trinajstić information content (AvgIpc) is 2.95. The molecule has 1 aromatic heterocycles. The van der Waals surface area contributed by atoms with E-state index in [4.69, 9.17) is 16.3 Å². The van der Waals surface area contributed by atoms with E-state index in [0.717, 1.165) is 23.0 Å². The van der Waals surface area contributed by atoms with E-state index in [0.29, 0.717) is 31.0 Å². The highest BCUT2D eigenvalue weighted by Crippen LogP contribution is 2.22. The number of aromatic nitrogens is 3. The van der Waals surface area contributed by atoms with Crippen LogP contribution in [0.15, 0.2) is 82.4 Å². The van der Waals surface area contributed by atoms with Gasteiger partial charge in [-0.05, 0) is 54.3 Å². The van der Waals surface area contributed by atoms with E-state index in [-0.39, 0.29) is 28.8 Å². The lowest BCUT2D eigenvalue weighted by atomic mass is 10.2. The van der Waals surface area contributed by atoms with Gasteiger partial charge in [0.25, 0.3) is 0 Å². The molecular formula is C30H31ClN4O5. The van der Waals surface area contributed by atoms with Crippen molar-refractivity contribution in [2.75, 3.05) is 18.0 Å². The molecule has 4 rings (SSSR count). The molecule has 1 heterocycles. The van der Waals surface area contributed by atoms with Crippen LogP contribution in [-0.4, -0.2) is 38.3 Å². The summed E-state index contributed by atoms with van der Waals surface area (Å²) in [5.41, 5.74) is 0.524. The smallest absolute Gasteiger partial charge is 0.355 e. The normalized spacial score (nSPS) is 10.9. The number of carbonyl (C=O) groups is 1. The van der Waals surface area contributed by atoms with Crippen LogP contribution in [0.3, 0.4) is 0 Å². The highest BCUT2D eigenvalue weighted by atomic mass is 35.5. The van der Waals surface area contributed by atoms with Crippen LogP contribution in [0, 0.1) is 0 Å². The molecule has 0 aliphatic rings. The Hall–Kier alpha value is -4.37. The molecule has 0 aliphatic carbocycles. The van der Waals surface area contributed by atoms with E-state index in [2.05, 4.69) is 4.98 Å². The Labute approximate surface area is 236 Å². The zero-order chi connectivity index (χ0) is 28.6. The number of benzene rings is 3. The molecule has 0 amide bonds. The highest BCUT2D eigenvalue weighted by molar-refractivity contribution is 6.33. The molecule has 0 saturated heterocycles. The van der Waals surface area contributed by atoms with Gasteiger partial charge in [-0.25, -0.2) is 23.5 Å². The fourth-order valence-corrected chi connectivity index (χ4v) is 4.54. The number of rotatable bonds is 12. The van der Waals surface area contributed by atoms with Crippen molar-refractivity contribution in [2.45, 2.75) is 39.8 Å². The predicted molar refractivity (Wildman–Crippen MR) is 155 cm³/mol. The standard InChI is InChI=1S/C30H31ClN4O5/c1-3-16-33(17-4-2)28-32-29(38)34(30(39)35(28)23-12-15-26(31)25(18-23)27(36)37)19-21-10-13-24(14-11-21)40-20-22-8-6-5-7-9-22/h5-15,18H,3-4,16-17,19-20H2,1-2H3,(H,36,37). The van der Waals surface area contributed by atoms with Crippen molar-refractivity contribution in [1.82, 2.24) is 14.1 Å². The molecule has 0 atom stereocenters. The SMILES string of the molecule is CCCN(CCC)c1nc(=O)n(Cc2ccc(OCc3ccccc3)cc2)c(=O)n1-c1ccc(Cl)c(C(=O)O)c1. The predicted octanol–water partition coefficient (Wildman–Crippen LogP) is 5.00. The van der Waals surface area contributed by atoms with E-state index in [1.165, 1.54) is 16.7 Å². The summed E-state index contributed by atoms with van der Waals surface area (Å²) in [6.07, 6.45) is 1.53. The number of carboxylic acid groups (broad SMARTS) is 1. The lowest BCUT2D eigenvalue weighted by Gasteiger charge is -2.26. The van der Waals surface area contributed by atoms with E-state index in [9.17, 15) is 19.5 Å². The van der Waals surface area contributed by atoms with Crippen LogP contribution < -0.4 is 21.0 Å². The maximum absolute atomic E-state index is 13.9. The fourth-order valence-electron chi connectivity index (χ4n) is 4.34. The molecule has 10 heteroatoms. The number of hydrogen-bond acceptors (Lipinski definition) is 6. The molecule has 0 aliphatic heterocycles. The van der Waals surface area contributed by atoms with E-state index in [1.54, 1.807) is 30.3 Å². The second-order valence-corrected chi connectivity index (χ2v) is 9.68. The summed E-state index contributed by atoms with van der Waals surface area (Å²) in [7, 11) is 0. The van der Waals surface area contributed by atoms with Gasteiger partial charge in [-0.3, -0.25) is 0 Å². The number of hydrogen-bond donors (Lipinski definition) is 1. The summed E-state index contributed by atoms with van der Waals surface area (Å²) in [5.74, 6) is -0.405. The summed E-state index contributed by atoms with van der Waals surface area (Å²) < 4.78 is 8.16. The highest BCUT2D eigenvalue weighted by Gasteiger charge is 2.21. The van der Waals surface area contributed by atoms with Crippen LogP contribution in [0.5, 0.6) is 5.75 Å². The fraction of sp³-hybridized carbons (Fsp3) is 0.267. The Bertz CT molecular complexity index is 1580. The van der Waals surface area contributed by atoms with Crippen molar-refractivity contribution >= 4 is 23.5 Å². The van der Waals surface area contributed by atoms with Gasteiger partial charge in [-0.15, -0.1) is 0 Å². The van der Waals surface area contributed by atoms with Crippen LogP contribution >= 0.6 is 11.6 Å². The van der Waals surface area contributed by atoms with Crippen LogP contribution in [0.25, 0.3) is 5.69 Å². The zero-order valence-electron chi connectivity index (χ0n) is 22.4. The van der Waals surface area contributed by atoms with Crippen molar-refractivity contribution in [3.8, 4) is 11.4 Å². The number of anilines is 1. The van der Waals surface area contributed by atoms with Crippen LogP contribution in [0.4, 0.5) is 5.95 Å². The van der Waals surface area contributed by atoms with Crippen LogP contribution in [-0.2, 0) is 13.2 Å². The van der Waals surface area contributed by atoms with Crippen molar-refractivity contribution in [2.24, 2.45) is 0 Å². The van der Waals surface area contributed by atoms with Crippen molar-refractivity contribution in [1.29, 1.82) is 0 Å². The molecule has 1 N–H and O–H groups in total. The second kappa shape index (κ2) is 13.1. The third-order valence-corrected chi connectivity index (χ3v) is 6.60. The number of carboxylic acids is 1. The Morgan fingerprint density at radius 1 is 0.950 bits per heavy atom. The summed E-state index contributed by atoms with van der Waals surface area (Å²) in [6, 6.07) is 21.2. The van der Waals surface area contributed by atoms with Gasteiger partial charge in [0.2, 0.25) is 5.95 Å². The van der Waals surface area contributed by atoms with E-state index >= 15 is 0 Å². The van der Waals surface area contributed by atoms with Gasteiger partial charge in [0.1, 0.15) is 12.4 Å². The molecule has 208 valence electrons. The quantitative estimate of drug-likeness (QED) is 0.259. The molecule has 0 radical (unpaired) electrons. The van der Waals surface area contributed by atoms with E-state index in [1.807, 2.05) is 49.1 Å². The molecular weight excluding hydrogens is 532 g/mol. The first kappa shape index (κ1) is 28.6. The van der Waals surface area contributed by atoms with Crippen LogP contribution in [0.1, 0.15) is 48.2 Å².